The van der Waals surface area contributed by atoms with Gasteiger partial charge in [-0.15, -0.1) is 0 Å². The third-order valence-corrected chi connectivity index (χ3v) is 4.44. The number of rotatable bonds is 1. The first-order chi connectivity index (χ1) is 11.5. The first-order valence-electron chi connectivity index (χ1n) is 7.50. The van der Waals surface area contributed by atoms with Crippen LogP contribution in [0.25, 0.3) is 22.1 Å². The summed E-state index contributed by atoms with van der Waals surface area (Å²) in [5, 5.41) is 33.9. The molecule has 1 aliphatic rings. The lowest BCUT2D eigenvalue weighted by molar-refractivity contribution is -0.242. The average molecular weight is 317 g/mol. The van der Waals surface area contributed by atoms with Crippen LogP contribution < -0.4 is 5.11 Å². The number of phenols is 2. The van der Waals surface area contributed by atoms with Crippen molar-refractivity contribution in [1.29, 1.82) is 0 Å². The number of phenolic OH excluding ortho intramolecular Hbond substituents is 2. The van der Waals surface area contributed by atoms with Crippen LogP contribution in [0.5, 0.6) is 11.5 Å². The first-order valence-corrected chi connectivity index (χ1v) is 7.50. The first kappa shape index (κ1) is 14.3. The predicted molar refractivity (Wildman–Crippen MR) is 89.6 cm³/mol. The van der Waals surface area contributed by atoms with Gasteiger partial charge in [0.1, 0.15) is 0 Å². The second-order valence-corrected chi connectivity index (χ2v) is 5.90. The smallest absolute Gasteiger partial charge is 0.193 e. The molecule has 0 atom stereocenters. The third kappa shape index (κ3) is 1.83. The number of hydrogen-bond acceptors (Lipinski definition) is 4. The van der Waals surface area contributed by atoms with Crippen molar-refractivity contribution in [3.8, 4) is 11.5 Å². The van der Waals surface area contributed by atoms with E-state index in [4.69, 9.17) is 0 Å². The molecule has 4 rings (SSSR count). The third-order valence-electron chi connectivity index (χ3n) is 4.44. The van der Waals surface area contributed by atoms with Crippen molar-refractivity contribution in [2.45, 2.75) is 6.92 Å². The molecule has 2 N–H and O–H groups in total. The fourth-order valence-electron chi connectivity index (χ4n) is 3.29. The highest BCUT2D eigenvalue weighted by Crippen LogP contribution is 2.40. The van der Waals surface area contributed by atoms with Crippen molar-refractivity contribution in [1.82, 2.24) is 0 Å². The van der Waals surface area contributed by atoms with Crippen molar-refractivity contribution in [3.05, 3.63) is 70.8 Å². The molecule has 118 valence electrons. The van der Waals surface area contributed by atoms with E-state index in [1.54, 1.807) is 31.2 Å². The SMILES string of the molecule is Cc1cc(O)c(O)cc1C1=C([O-])c2cccc3cccc(c23)C1=O. The molecule has 3 aromatic rings. The van der Waals surface area contributed by atoms with Crippen molar-refractivity contribution in [2.75, 3.05) is 0 Å². The number of aryl methyl sites for hydroxylation is 1. The Morgan fingerprint density at radius 3 is 2.21 bits per heavy atom. The predicted octanol–water partition coefficient (Wildman–Crippen LogP) is 2.98. The fraction of sp³-hybridized carbons (Fsp3) is 0.0500. The minimum absolute atomic E-state index is 0.0222. The highest BCUT2D eigenvalue weighted by atomic mass is 16.3. The van der Waals surface area contributed by atoms with Crippen molar-refractivity contribution in [2.24, 2.45) is 0 Å². The van der Waals surface area contributed by atoms with Crippen molar-refractivity contribution in [3.63, 3.8) is 0 Å². The maximum Gasteiger partial charge on any atom is 0.193 e. The molecular weight excluding hydrogens is 304 g/mol. The zero-order valence-electron chi connectivity index (χ0n) is 12.8. The summed E-state index contributed by atoms with van der Waals surface area (Å²) in [5.41, 5.74) is 1.86. The van der Waals surface area contributed by atoms with Gasteiger partial charge in [-0.3, -0.25) is 4.79 Å². The molecule has 3 aromatic carbocycles. The van der Waals surface area contributed by atoms with E-state index in [9.17, 15) is 20.1 Å². The molecule has 0 spiro atoms. The molecular formula is C20H13O4-. The zero-order chi connectivity index (χ0) is 17.0. The largest absolute Gasteiger partial charge is 0.872 e. The number of Topliss-reactive ketones (excluding diaryl/α,β-unsaturated/α-hetero) is 1. The molecule has 0 radical (unpaired) electrons. The van der Waals surface area contributed by atoms with Gasteiger partial charge in [0.05, 0.1) is 0 Å². The van der Waals surface area contributed by atoms with E-state index in [0.717, 1.165) is 5.39 Å². The Labute approximate surface area is 137 Å². The summed E-state index contributed by atoms with van der Waals surface area (Å²) in [7, 11) is 0. The van der Waals surface area contributed by atoms with Gasteiger partial charge >= 0.3 is 0 Å². The van der Waals surface area contributed by atoms with E-state index in [0.29, 0.717) is 27.6 Å². The van der Waals surface area contributed by atoms with Gasteiger partial charge in [-0.1, -0.05) is 42.2 Å². The molecule has 0 unspecified atom stereocenters. The number of ketones is 1. The summed E-state index contributed by atoms with van der Waals surface area (Å²) >= 11 is 0. The van der Waals surface area contributed by atoms with Crippen LogP contribution in [-0.2, 0) is 0 Å². The monoisotopic (exact) mass is 317 g/mol. The maximum atomic E-state index is 13.0. The standard InChI is InChI=1S/C20H14O4/c1-10-8-15(21)16(22)9-14(10)18-19(23)12-6-2-4-11-5-3-7-13(17(11)12)20(18)24/h2-9,21-23H,1H3/p-1. The van der Waals surface area contributed by atoms with Crippen LogP contribution in [-0.4, -0.2) is 16.0 Å². The quantitative estimate of drug-likeness (QED) is 0.676. The van der Waals surface area contributed by atoms with Gasteiger partial charge in [-0.25, -0.2) is 0 Å². The minimum atomic E-state index is -0.363. The average Bonchev–Trinajstić information content (AvgIpc) is 2.57. The molecule has 4 nitrogen and oxygen atoms in total. The summed E-state index contributed by atoms with van der Waals surface area (Å²) in [6.07, 6.45) is 0. The van der Waals surface area contributed by atoms with Crippen molar-refractivity contribution < 1.29 is 20.1 Å². The second-order valence-electron chi connectivity index (χ2n) is 5.90. The molecule has 0 heterocycles. The van der Waals surface area contributed by atoms with Crippen LogP contribution in [0.1, 0.15) is 27.0 Å². The summed E-state index contributed by atoms with van der Waals surface area (Å²) < 4.78 is 0. The Kier molecular flexibility index (Phi) is 2.90. The van der Waals surface area contributed by atoms with Gasteiger partial charge in [-0.05, 0) is 46.5 Å². The van der Waals surface area contributed by atoms with E-state index in [-0.39, 0.29) is 28.6 Å². The molecule has 0 aliphatic heterocycles. The summed E-state index contributed by atoms with van der Waals surface area (Å²) in [6, 6.07) is 13.3. The normalized spacial score (nSPS) is 13.6. The zero-order valence-corrected chi connectivity index (χ0v) is 12.8. The number of hydrogen-bond donors (Lipinski definition) is 2. The topological polar surface area (TPSA) is 80.6 Å². The molecule has 0 saturated carbocycles. The summed E-state index contributed by atoms with van der Waals surface area (Å²) in [4.78, 5) is 13.0. The number of carbonyl (C=O) groups is 1. The lowest BCUT2D eigenvalue weighted by Crippen LogP contribution is -2.18. The lowest BCUT2D eigenvalue weighted by atomic mass is 9.83. The molecule has 0 bridgehead atoms. The van der Waals surface area contributed by atoms with E-state index in [1.165, 1.54) is 12.1 Å². The molecule has 1 aliphatic carbocycles. The Balaban J connectivity index is 2.09. The number of benzene rings is 3. The van der Waals surface area contributed by atoms with Crippen LogP contribution in [0.4, 0.5) is 0 Å². The van der Waals surface area contributed by atoms with Gasteiger partial charge in [-0.2, -0.15) is 0 Å². The maximum absolute atomic E-state index is 13.0. The van der Waals surface area contributed by atoms with E-state index in [1.807, 2.05) is 12.1 Å². The van der Waals surface area contributed by atoms with Crippen LogP contribution >= 0.6 is 0 Å². The van der Waals surface area contributed by atoms with E-state index >= 15 is 0 Å². The van der Waals surface area contributed by atoms with Gasteiger partial charge in [0.15, 0.2) is 17.3 Å². The number of carbonyl (C=O) groups excluding carboxylic acids is 1. The van der Waals surface area contributed by atoms with E-state index < -0.39 is 0 Å². The minimum Gasteiger partial charge on any atom is -0.872 e. The van der Waals surface area contributed by atoms with Crippen LogP contribution in [0.3, 0.4) is 0 Å². The molecule has 24 heavy (non-hydrogen) atoms. The Bertz CT molecular complexity index is 1060. The van der Waals surface area contributed by atoms with Gasteiger partial charge in [0.25, 0.3) is 0 Å². The molecule has 4 heteroatoms. The van der Waals surface area contributed by atoms with Gasteiger partial charge in [0.2, 0.25) is 0 Å². The van der Waals surface area contributed by atoms with Crippen molar-refractivity contribution >= 4 is 27.9 Å². The lowest BCUT2D eigenvalue weighted by Gasteiger charge is -2.27. The van der Waals surface area contributed by atoms with Gasteiger partial charge in [0, 0.05) is 11.1 Å². The fourth-order valence-corrected chi connectivity index (χ4v) is 3.29. The van der Waals surface area contributed by atoms with Crippen LogP contribution in [0.2, 0.25) is 0 Å². The highest BCUT2D eigenvalue weighted by molar-refractivity contribution is 6.40. The summed E-state index contributed by atoms with van der Waals surface area (Å²) in [5.74, 6) is -1.37. The number of allylic oxidation sites excluding steroid dienone is 1. The molecule has 0 amide bonds. The molecule has 0 saturated heterocycles. The Morgan fingerprint density at radius 2 is 1.50 bits per heavy atom. The number of aromatic hydroxyl groups is 2. The Morgan fingerprint density at radius 1 is 0.875 bits per heavy atom. The molecule has 0 fully saturated rings. The Hall–Kier alpha value is -3.27. The van der Waals surface area contributed by atoms with Crippen LogP contribution in [0, 0.1) is 6.92 Å². The van der Waals surface area contributed by atoms with Gasteiger partial charge < -0.3 is 15.3 Å². The van der Waals surface area contributed by atoms with Crippen LogP contribution in [0.15, 0.2) is 48.5 Å². The highest BCUT2D eigenvalue weighted by Gasteiger charge is 2.26. The van der Waals surface area contributed by atoms with E-state index in [2.05, 4.69) is 0 Å². The molecule has 0 aromatic heterocycles. The second kappa shape index (κ2) is 4.86. The summed E-state index contributed by atoms with van der Waals surface area (Å²) in [6.45, 7) is 1.68.